The molecule has 3 rings (SSSR count). The summed E-state index contributed by atoms with van der Waals surface area (Å²) in [6, 6.07) is 5.27. The van der Waals surface area contributed by atoms with E-state index in [2.05, 4.69) is 15.0 Å². The summed E-state index contributed by atoms with van der Waals surface area (Å²) >= 11 is 0. The summed E-state index contributed by atoms with van der Waals surface area (Å²) < 4.78 is 13.4. The van der Waals surface area contributed by atoms with Crippen molar-refractivity contribution in [3.05, 3.63) is 35.1 Å². The summed E-state index contributed by atoms with van der Waals surface area (Å²) in [4.78, 5) is 4.88. The lowest BCUT2D eigenvalue weighted by Crippen LogP contribution is -2.46. The van der Waals surface area contributed by atoms with E-state index >= 15 is 0 Å². The van der Waals surface area contributed by atoms with Crippen molar-refractivity contribution in [1.29, 1.82) is 0 Å². The Balaban J connectivity index is 1.67. The lowest BCUT2D eigenvalue weighted by Gasteiger charge is -2.35. The van der Waals surface area contributed by atoms with Gasteiger partial charge < -0.3 is 10.9 Å². The standard InChI is InChI=1S/C15H21FN4O/c16-12-2-1-11(14(9-12)15(17)18-21)10-19-5-7-20(8-6-19)13-3-4-13/h1-2,9,13,21H,3-8,10H2,(H2,17,18). The summed E-state index contributed by atoms with van der Waals surface area (Å²) in [5.74, 6) is -0.417. The first-order chi connectivity index (χ1) is 10.2. The molecule has 0 aromatic heterocycles. The van der Waals surface area contributed by atoms with E-state index in [-0.39, 0.29) is 11.7 Å². The number of rotatable bonds is 4. The minimum Gasteiger partial charge on any atom is -0.409 e. The molecule has 1 aromatic carbocycles. The Morgan fingerprint density at radius 3 is 2.62 bits per heavy atom. The maximum Gasteiger partial charge on any atom is 0.170 e. The fraction of sp³-hybridized carbons (Fsp3) is 0.533. The van der Waals surface area contributed by atoms with E-state index < -0.39 is 0 Å². The van der Waals surface area contributed by atoms with Crippen molar-refractivity contribution in [3.63, 3.8) is 0 Å². The van der Waals surface area contributed by atoms with E-state index in [1.807, 2.05) is 0 Å². The topological polar surface area (TPSA) is 65.1 Å². The molecule has 0 atom stereocenters. The van der Waals surface area contributed by atoms with Crippen molar-refractivity contribution in [3.8, 4) is 0 Å². The molecule has 1 saturated carbocycles. The molecule has 1 heterocycles. The molecule has 1 aliphatic carbocycles. The summed E-state index contributed by atoms with van der Waals surface area (Å²) in [6.45, 7) is 4.88. The largest absolute Gasteiger partial charge is 0.409 e. The van der Waals surface area contributed by atoms with Crippen LogP contribution in [-0.4, -0.2) is 53.1 Å². The lowest BCUT2D eigenvalue weighted by atomic mass is 10.1. The van der Waals surface area contributed by atoms with Gasteiger partial charge in [0.15, 0.2) is 5.84 Å². The Hall–Kier alpha value is -1.66. The number of benzene rings is 1. The second-order valence-electron chi connectivity index (χ2n) is 5.83. The zero-order chi connectivity index (χ0) is 14.8. The lowest BCUT2D eigenvalue weighted by molar-refractivity contribution is 0.121. The molecular weight excluding hydrogens is 271 g/mol. The first-order valence-electron chi connectivity index (χ1n) is 7.40. The number of piperazine rings is 1. The normalized spacial score (nSPS) is 21.7. The molecule has 2 fully saturated rings. The third-order valence-electron chi connectivity index (χ3n) is 4.32. The number of nitrogens with two attached hydrogens (primary N) is 1. The van der Waals surface area contributed by atoms with E-state index in [4.69, 9.17) is 10.9 Å². The number of amidine groups is 1. The van der Waals surface area contributed by atoms with Gasteiger partial charge in [0.1, 0.15) is 5.82 Å². The highest BCUT2D eigenvalue weighted by molar-refractivity contribution is 5.98. The number of hydrogen-bond donors (Lipinski definition) is 2. The molecule has 5 nitrogen and oxygen atoms in total. The Morgan fingerprint density at radius 1 is 1.29 bits per heavy atom. The summed E-state index contributed by atoms with van der Waals surface area (Å²) in [5.41, 5.74) is 7.01. The number of oxime groups is 1. The fourth-order valence-electron chi connectivity index (χ4n) is 2.95. The second-order valence-corrected chi connectivity index (χ2v) is 5.83. The molecule has 114 valence electrons. The molecule has 2 aliphatic rings. The molecule has 0 unspecified atom stereocenters. The van der Waals surface area contributed by atoms with Crippen LogP contribution < -0.4 is 5.73 Å². The highest BCUT2D eigenvalue weighted by Crippen LogP contribution is 2.27. The Bertz CT molecular complexity index is 536. The number of hydrogen-bond acceptors (Lipinski definition) is 4. The predicted octanol–water partition coefficient (Wildman–Crippen LogP) is 1.20. The van der Waals surface area contributed by atoms with Gasteiger partial charge in [-0.15, -0.1) is 0 Å². The van der Waals surface area contributed by atoms with Crippen LogP contribution in [0, 0.1) is 5.82 Å². The molecule has 3 N–H and O–H groups in total. The maximum absolute atomic E-state index is 13.4. The molecule has 1 aromatic rings. The van der Waals surface area contributed by atoms with Crippen LogP contribution in [0.2, 0.25) is 0 Å². The van der Waals surface area contributed by atoms with E-state index in [0.29, 0.717) is 12.1 Å². The van der Waals surface area contributed by atoms with Crippen LogP contribution in [0.25, 0.3) is 0 Å². The predicted molar refractivity (Wildman–Crippen MR) is 78.8 cm³/mol. The van der Waals surface area contributed by atoms with Gasteiger partial charge in [0, 0.05) is 44.3 Å². The van der Waals surface area contributed by atoms with Crippen LogP contribution in [0.3, 0.4) is 0 Å². The second kappa shape index (κ2) is 5.99. The van der Waals surface area contributed by atoms with Gasteiger partial charge in [-0.05, 0) is 30.5 Å². The zero-order valence-electron chi connectivity index (χ0n) is 12.0. The van der Waals surface area contributed by atoms with Crippen molar-refractivity contribution < 1.29 is 9.60 Å². The van der Waals surface area contributed by atoms with Gasteiger partial charge in [0.25, 0.3) is 0 Å². The van der Waals surface area contributed by atoms with Crippen molar-refractivity contribution in [2.24, 2.45) is 10.9 Å². The third kappa shape index (κ3) is 3.33. The van der Waals surface area contributed by atoms with Crippen molar-refractivity contribution in [1.82, 2.24) is 9.80 Å². The van der Waals surface area contributed by atoms with E-state index in [1.54, 1.807) is 6.07 Å². The minimum absolute atomic E-state index is 0.0406. The summed E-state index contributed by atoms with van der Waals surface area (Å²) in [6.07, 6.45) is 2.68. The quantitative estimate of drug-likeness (QED) is 0.379. The molecule has 0 amide bonds. The van der Waals surface area contributed by atoms with Crippen LogP contribution >= 0.6 is 0 Å². The van der Waals surface area contributed by atoms with Gasteiger partial charge >= 0.3 is 0 Å². The highest BCUT2D eigenvalue weighted by Gasteiger charge is 2.31. The molecule has 21 heavy (non-hydrogen) atoms. The van der Waals surface area contributed by atoms with Gasteiger partial charge in [0.05, 0.1) is 0 Å². The van der Waals surface area contributed by atoms with Crippen LogP contribution in [0.15, 0.2) is 23.4 Å². The molecule has 1 aliphatic heterocycles. The molecule has 0 spiro atoms. The van der Waals surface area contributed by atoms with E-state index in [0.717, 1.165) is 37.8 Å². The van der Waals surface area contributed by atoms with Crippen molar-refractivity contribution >= 4 is 5.84 Å². The maximum atomic E-state index is 13.4. The zero-order valence-corrected chi connectivity index (χ0v) is 12.0. The minimum atomic E-state index is -0.376. The van der Waals surface area contributed by atoms with Gasteiger partial charge in [-0.25, -0.2) is 4.39 Å². The SMILES string of the molecule is NC(=NO)c1cc(F)ccc1CN1CCN(C2CC2)CC1. The fourth-order valence-corrected chi connectivity index (χ4v) is 2.95. The first kappa shape index (κ1) is 14.3. The average molecular weight is 292 g/mol. The van der Waals surface area contributed by atoms with Gasteiger partial charge in [-0.3, -0.25) is 9.80 Å². The summed E-state index contributed by atoms with van der Waals surface area (Å²) in [5, 5.41) is 11.8. The van der Waals surface area contributed by atoms with E-state index in [1.165, 1.54) is 25.0 Å². The van der Waals surface area contributed by atoms with Gasteiger partial charge in [0.2, 0.25) is 0 Å². The van der Waals surface area contributed by atoms with Crippen LogP contribution in [-0.2, 0) is 6.54 Å². The van der Waals surface area contributed by atoms with Crippen molar-refractivity contribution in [2.75, 3.05) is 26.2 Å². The molecule has 0 radical (unpaired) electrons. The van der Waals surface area contributed by atoms with Gasteiger partial charge in [-0.1, -0.05) is 11.2 Å². The number of halogens is 1. The molecular formula is C15H21FN4O. The van der Waals surface area contributed by atoms with Gasteiger partial charge in [-0.2, -0.15) is 0 Å². The smallest absolute Gasteiger partial charge is 0.170 e. The Kier molecular flexibility index (Phi) is 4.07. The summed E-state index contributed by atoms with van der Waals surface area (Å²) in [7, 11) is 0. The van der Waals surface area contributed by atoms with Crippen LogP contribution in [0.5, 0.6) is 0 Å². The monoisotopic (exact) mass is 292 g/mol. The van der Waals surface area contributed by atoms with Crippen LogP contribution in [0.4, 0.5) is 4.39 Å². The van der Waals surface area contributed by atoms with E-state index in [9.17, 15) is 4.39 Å². The molecule has 6 heteroatoms. The molecule has 0 bridgehead atoms. The van der Waals surface area contributed by atoms with Crippen molar-refractivity contribution in [2.45, 2.75) is 25.4 Å². The number of nitrogens with zero attached hydrogens (tertiary/aromatic N) is 3. The third-order valence-corrected chi connectivity index (χ3v) is 4.32. The average Bonchev–Trinajstić information content (AvgIpc) is 3.34. The Morgan fingerprint density at radius 2 is 2.00 bits per heavy atom. The highest BCUT2D eigenvalue weighted by atomic mass is 19.1. The van der Waals surface area contributed by atoms with Crippen LogP contribution in [0.1, 0.15) is 24.0 Å². The molecule has 1 saturated heterocycles. The Labute approximate surface area is 123 Å². The first-order valence-corrected chi connectivity index (χ1v) is 7.40.